The molecule has 1 fully saturated rings. The normalized spacial score (nSPS) is 28.2. The maximum Gasteiger partial charge on any atom is 1.00 e. The minimum absolute atomic E-state index is 0. The van der Waals surface area contributed by atoms with E-state index in [1.165, 1.54) is 0 Å². The minimum atomic E-state index is -1.55. The predicted molar refractivity (Wildman–Crippen MR) is 66.9 cm³/mol. The topological polar surface area (TPSA) is 170 Å². The Morgan fingerprint density at radius 1 is 1.04 bits per heavy atom. The van der Waals surface area contributed by atoms with Crippen molar-refractivity contribution in [3.8, 4) is 0 Å². The van der Waals surface area contributed by atoms with Crippen molar-refractivity contribution in [3.63, 3.8) is 0 Å². The number of carbonyl (C=O) groups excluding carboxylic acids is 2. The second-order valence-corrected chi connectivity index (χ2v) is 5.11. The molecule has 4 N–H and O–H groups in total. The summed E-state index contributed by atoms with van der Waals surface area (Å²) in [5.41, 5.74) is -0.986. The summed E-state index contributed by atoms with van der Waals surface area (Å²) >= 11 is 8.79. The van der Waals surface area contributed by atoms with Gasteiger partial charge in [-0.05, 0) is 11.9 Å². The van der Waals surface area contributed by atoms with Gasteiger partial charge >= 0.3 is 104 Å². The maximum atomic E-state index is 9.73. The van der Waals surface area contributed by atoms with Gasteiger partial charge in [0.15, 0.2) is 0 Å². The first kappa shape index (κ1) is 38.5. The third kappa shape index (κ3) is 15.4. The van der Waals surface area contributed by atoms with E-state index in [1.807, 2.05) is 0 Å². The summed E-state index contributed by atoms with van der Waals surface area (Å²) in [5, 5.41) is 54.1. The molecule has 9 nitrogen and oxygen atoms in total. The zero-order chi connectivity index (χ0) is 16.7. The molecule has 0 amide bonds. The number of carbonyl (C=O) groups is 2. The Hall–Kier alpha value is 2.92. The monoisotopic (exact) mass is 782 g/mol. The van der Waals surface area contributed by atoms with E-state index < -0.39 is 60.1 Å². The molecule has 1 aliphatic rings. The number of aliphatic carboxylic acids is 2. The minimum Gasteiger partial charge on any atom is -0.783 e. The van der Waals surface area contributed by atoms with Crippen LogP contribution in [0.1, 0.15) is 6.42 Å². The van der Waals surface area contributed by atoms with Crippen molar-refractivity contribution >= 4 is 37.2 Å². The molecule has 1 heterocycles. The van der Waals surface area contributed by atoms with Crippen molar-refractivity contribution < 1.29 is 149 Å². The first-order valence-electron chi connectivity index (χ1n) is 5.64. The summed E-state index contributed by atoms with van der Waals surface area (Å²) in [4.78, 5) is 19.4. The van der Waals surface area contributed by atoms with Crippen molar-refractivity contribution in [1.29, 1.82) is 0 Å². The van der Waals surface area contributed by atoms with Crippen LogP contribution in [0.5, 0.6) is 0 Å². The van der Waals surface area contributed by atoms with Crippen LogP contribution >= 0.6 is 0 Å². The second-order valence-electron chi connectivity index (χ2n) is 4.08. The Kier molecular flexibility index (Phi) is 31.1. The number of hydrogen-bond donors (Lipinski definition) is 4. The first-order valence-corrected chi connectivity index (χ1v) is 6.58. The van der Waals surface area contributed by atoms with E-state index in [4.69, 9.17) is 20.1 Å². The third-order valence-electron chi connectivity index (χ3n) is 2.46. The fourth-order valence-corrected chi connectivity index (χ4v) is 1.74. The van der Waals surface area contributed by atoms with Gasteiger partial charge < -0.3 is 70.2 Å². The van der Waals surface area contributed by atoms with Crippen molar-refractivity contribution in [2.24, 2.45) is 0 Å². The summed E-state index contributed by atoms with van der Waals surface area (Å²) in [7, 11) is 0. The van der Waals surface area contributed by atoms with Gasteiger partial charge in [0, 0.05) is 11.9 Å². The van der Waals surface area contributed by atoms with Crippen molar-refractivity contribution in [3.05, 3.63) is 0 Å². The smallest absolute Gasteiger partial charge is 0.783 e. The maximum absolute atomic E-state index is 9.73. The Morgan fingerprint density at radius 3 is 1.76 bits per heavy atom. The summed E-state index contributed by atoms with van der Waals surface area (Å²) in [6.45, 7) is -0.432. The van der Waals surface area contributed by atoms with Gasteiger partial charge in [-0.3, -0.25) is 0 Å². The number of carboxylic acids is 2. The molecule has 1 unspecified atom stereocenters. The molecule has 0 saturated carbocycles. The van der Waals surface area contributed by atoms with E-state index in [-0.39, 0.29) is 104 Å². The third-order valence-corrected chi connectivity index (χ3v) is 3.21. The summed E-state index contributed by atoms with van der Waals surface area (Å²) in [5.74, 6) is -3.02. The molecule has 15 heteroatoms. The number of rotatable bonds is 4. The van der Waals surface area contributed by atoms with Crippen molar-refractivity contribution in [2.75, 3.05) is 6.61 Å². The van der Waals surface area contributed by atoms with Gasteiger partial charge in [0.05, 0.1) is 12.7 Å². The molecule has 0 bridgehead atoms. The molecule has 6 atom stereocenters. The predicted octanol–water partition coefficient (Wildman–Crippen LogP) is -11.9. The molecule has 0 aromatic heterocycles. The van der Waals surface area contributed by atoms with Crippen LogP contribution in [0.15, 0.2) is 0 Å². The SMILES string of the molecule is O=C([O-])CC([S-])C(=O)[O-].OC[C@H]1O[C@H]([S-])[C@H](O)[C@@H](O)[C@@H]1O.[Au+].[Au+].[Na+].[Na+]. The Labute approximate surface area is 231 Å². The van der Waals surface area contributed by atoms with E-state index in [9.17, 15) is 24.9 Å². The number of hydrogen-bond acceptors (Lipinski definition) is 11. The molecule has 1 rings (SSSR count). The zero-order valence-electron chi connectivity index (χ0n) is 13.1. The molecule has 0 aliphatic carbocycles. The number of carboxylic acid groups (broad SMARTS) is 2. The Bertz CT molecular complexity index is 369. The number of ether oxygens (including phenoxy) is 1. The average Bonchev–Trinajstić information content (AvgIpc) is 2.40. The first-order chi connectivity index (χ1) is 9.61. The van der Waals surface area contributed by atoms with E-state index in [0.29, 0.717) is 0 Å². The van der Waals surface area contributed by atoms with Gasteiger partial charge in [-0.1, -0.05) is 0 Å². The van der Waals surface area contributed by atoms with E-state index in [1.54, 1.807) is 0 Å². The molecular weight excluding hydrogens is 768 g/mol. The van der Waals surface area contributed by atoms with Crippen LogP contribution in [0, 0.1) is 0 Å². The van der Waals surface area contributed by atoms with Crippen molar-refractivity contribution in [2.45, 2.75) is 41.5 Å². The average molecular weight is 782 g/mol. The van der Waals surface area contributed by atoms with Gasteiger partial charge in [-0.2, -0.15) is 0 Å². The van der Waals surface area contributed by atoms with Crippen LogP contribution in [0.3, 0.4) is 0 Å². The van der Waals surface area contributed by atoms with Gasteiger partial charge in [0.2, 0.25) is 0 Å². The van der Waals surface area contributed by atoms with Gasteiger partial charge in [0.25, 0.3) is 0 Å². The van der Waals surface area contributed by atoms with Crippen LogP contribution in [0.25, 0.3) is 0 Å². The molecule has 144 valence electrons. The van der Waals surface area contributed by atoms with Crippen LogP contribution in [0.2, 0.25) is 0 Å². The quantitative estimate of drug-likeness (QED) is 0.158. The summed E-state index contributed by atoms with van der Waals surface area (Å²) < 4.78 is 4.84. The van der Waals surface area contributed by atoms with Gasteiger partial charge in [-0.15, -0.1) is 5.25 Å². The fraction of sp³-hybridized carbons (Fsp3) is 0.800. The molecule has 1 saturated heterocycles. The van der Waals surface area contributed by atoms with Crippen LogP contribution in [0.4, 0.5) is 0 Å². The zero-order valence-corrected chi connectivity index (χ0v) is 23.1. The van der Waals surface area contributed by atoms with E-state index >= 15 is 0 Å². The van der Waals surface area contributed by atoms with E-state index in [0.717, 1.165) is 0 Å². The number of aliphatic hydroxyl groups excluding tert-OH is 4. The Balaban J connectivity index is -0.0000000949. The molecule has 25 heavy (non-hydrogen) atoms. The molecule has 0 radical (unpaired) electrons. The van der Waals surface area contributed by atoms with Crippen LogP contribution in [-0.2, 0) is 84.3 Å². The molecule has 1 aliphatic heterocycles. The van der Waals surface area contributed by atoms with E-state index in [2.05, 4.69) is 25.3 Å². The molecule has 0 spiro atoms. The molecule has 0 aromatic rings. The van der Waals surface area contributed by atoms with Gasteiger partial charge in [-0.25, -0.2) is 0 Å². The summed E-state index contributed by atoms with van der Waals surface area (Å²) in [6.07, 6.45) is -5.50. The second kappa shape index (κ2) is 20.2. The molecular formula is C10H14Au2Na2O9S2. The largest absolute Gasteiger partial charge is 1.00 e. The van der Waals surface area contributed by atoms with Gasteiger partial charge in [0.1, 0.15) is 18.3 Å². The number of aliphatic hydroxyl groups is 4. The van der Waals surface area contributed by atoms with Crippen LogP contribution < -0.4 is 69.3 Å². The van der Waals surface area contributed by atoms with Crippen molar-refractivity contribution in [1.82, 2.24) is 0 Å². The standard InChI is InChI=1S/C6H12O5S.C4H6O4S.2Au.2Na/c7-1-2-3(8)4(9)5(10)6(12)11-2;5-3(6)1-2(9)4(7)8;;;;/h2-10,12H,1H2;2,9H,1H2,(H,5,6)(H,7,8);;;;/q;;4*+1/p-4/t2-,3-,4+,5-,6-;;;;;/m1...../s1. The summed E-state index contributed by atoms with van der Waals surface area (Å²) in [6, 6.07) is 0. The fourth-order valence-electron chi connectivity index (χ4n) is 1.30. The Morgan fingerprint density at radius 2 is 1.48 bits per heavy atom. The molecule has 0 aromatic carbocycles. The van der Waals surface area contributed by atoms with Crippen LogP contribution in [-0.4, -0.2) is 74.1 Å².